The Labute approximate surface area is 117 Å². The zero-order valence-electron chi connectivity index (χ0n) is 7.90. The molecule has 2 rings (SSSR count). The summed E-state index contributed by atoms with van der Waals surface area (Å²) in [5, 5.41) is 0. The van der Waals surface area contributed by atoms with Crippen LogP contribution in [0, 0.1) is 0 Å². The van der Waals surface area contributed by atoms with Gasteiger partial charge in [-0.2, -0.15) is 0 Å². The van der Waals surface area contributed by atoms with Gasteiger partial charge in [-0.15, -0.1) is 24.8 Å². The maximum Gasteiger partial charge on any atom is 0 e. The molecule has 0 aliphatic heterocycles. The van der Waals surface area contributed by atoms with Crippen molar-refractivity contribution in [3.63, 3.8) is 0 Å². The molecular formula is C11H14Cl2Zr. The zero-order valence-corrected chi connectivity index (χ0v) is 12.0. The predicted molar refractivity (Wildman–Crippen MR) is 62.8 cm³/mol. The topological polar surface area (TPSA) is 0 Å². The quantitative estimate of drug-likeness (QED) is 0.723. The first-order valence-corrected chi connectivity index (χ1v) is 4.14. The normalized spacial score (nSPS) is 16.3. The van der Waals surface area contributed by atoms with E-state index >= 15 is 0 Å². The molecule has 0 nitrogen and oxygen atoms in total. The van der Waals surface area contributed by atoms with E-state index in [4.69, 9.17) is 0 Å². The molecule has 0 N–H and O–H groups in total. The van der Waals surface area contributed by atoms with Crippen molar-refractivity contribution in [1.82, 2.24) is 0 Å². The summed E-state index contributed by atoms with van der Waals surface area (Å²) in [6.45, 7) is 0. The maximum absolute atomic E-state index is 2.24. The molecule has 2 aliphatic rings. The van der Waals surface area contributed by atoms with Gasteiger partial charge in [-0.05, 0) is 19.3 Å². The summed E-state index contributed by atoms with van der Waals surface area (Å²) in [7, 11) is 0. The molecule has 0 heterocycles. The van der Waals surface area contributed by atoms with E-state index in [9.17, 15) is 0 Å². The SMILES string of the molecule is C1=CCC(CC2=CC=CC2)=C1.Cl.Cl.[Zr]. The van der Waals surface area contributed by atoms with Gasteiger partial charge < -0.3 is 0 Å². The standard InChI is InChI=1S/C11H12.2ClH.Zr/c1-2-6-10(5-1)9-11-7-3-4-8-11;;;/h1-5,7H,6,8-9H2;2*1H;. The summed E-state index contributed by atoms with van der Waals surface area (Å²) in [4.78, 5) is 0. The summed E-state index contributed by atoms with van der Waals surface area (Å²) < 4.78 is 0. The van der Waals surface area contributed by atoms with E-state index in [0.717, 1.165) is 12.8 Å². The second kappa shape index (κ2) is 8.71. The molecule has 3 heteroatoms. The summed E-state index contributed by atoms with van der Waals surface area (Å²) >= 11 is 0. The first-order chi connectivity index (χ1) is 5.45. The van der Waals surface area contributed by atoms with Crippen LogP contribution in [0.5, 0.6) is 0 Å². The minimum atomic E-state index is 0. The van der Waals surface area contributed by atoms with Gasteiger partial charge in [0.2, 0.25) is 0 Å². The van der Waals surface area contributed by atoms with Crippen LogP contribution >= 0.6 is 24.8 Å². The average molecular weight is 308 g/mol. The van der Waals surface area contributed by atoms with Crippen molar-refractivity contribution < 1.29 is 26.2 Å². The van der Waals surface area contributed by atoms with Crippen LogP contribution in [0.1, 0.15) is 19.3 Å². The second-order valence-electron chi connectivity index (χ2n) is 3.09. The summed E-state index contributed by atoms with van der Waals surface area (Å²) in [5.41, 5.74) is 3.11. The van der Waals surface area contributed by atoms with E-state index in [-0.39, 0.29) is 51.0 Å². The van der Waals surface area contributed by atoms with Crippen LogP contribution < -0.4 is 0 Å². The Morgan fingerprint density at radius 3 is 1.57 bits per heavy atom. The van der Waals surface area contributed by atoms with Gasteiger partial charge in [0.15, 0.2) is 0 Å². The van der Waals surface area contributed by atoms with E-state index in [0.29, 0.717) is 0 Å². The van der Waals surface area contributed by atoms with Crippen LogP contribution in [-0.2, 0) is 26.2 Å². The second-order valence-corrected chi connectivity index (χ2v) is 3.09. The number of hydrogen-bond acceptors (Lipinski definition) is 0. The minimum Gasteiger partial charge on any atom is -0.147 e. The van der Waals surface area contributed by atoms with E-state index in [1.165, 1.54) is 6.42 Å². The summed E-state index contributed by atoms with van der Waals surface area (Å²) in [5.74, 6) is 0. The van der Waals surface area contributed by atoms with Crippen LogP contribution in [-0.4, -0.2) is 0 Å². The minimum absolute atomic E-state index is 0. The molecule has 0 atom stereocenters. The van der Waals surface area contributed by atoms with Crippen molar-refractivity contribution in [2.24, 2.45) is 0 Å². The van der Waals surface area contributed by atoms with E-state index in [2.05, 4.69) is 36.5 Å². The van der Waals surface area contributed by atoms with E-state index in [1.807, 2.05) is 0 Å². The Hall–Kier alpha value is 0.423. The maximum atomic E-state index is 2.24. The predicted octanol–water partition coefficient (Wildman–Crippen LogP) is 3.99. The zero-order chi connectivity index (χ0) is 7.52. The Morgan fingerprint density at radius 1 is 0.857 bits per heavy atom. The third-order valence-electron chi connectivity index (χ3n) is 2.15. The fourth-order valence-electron chi connectivity index (χ4n) is 1.54. The van der Waals surface area contributed by atoms with Gasteiger partial charge in [0.25, 0.3) is 0 Å². The summed E-state index contributed by atoms with van der Waals surface area (Å²) in [6, 6.07) is 0. The molecule has 0 amide bonds. The first-order valence-electron chi connectivity index (χ1n) is 4.14. The van der Waals surface area contributed by atoms with Crippen LogP contribution in [0.15, 0.2) is 47.6 Å². The fourth-order valence-corrected chi connectivity index (χ4v) is 1.54. The van der Waals surface area contributed by atoms with E-state index < -0.39 is 0 Å². The third-order valence-corrected chi connectivity index (χ3v) is 2.15. The Morgan fingerprint density at radius 2 is 1.29 bits per heavy atom. The molecule has 2 aliphatic carbocycles. The number of allylic oxidation sites excluding steroid dienone is 8. The van der Waals surface area contributed by atoms with Crippen LogP contribution in [0.3, 0.4) is 0 Å². The molecule has 0 bridgehead atoms. The summed E-state index contributed by atoms with van der Waals surface area (Å²) in [6.07, 6.45) is 16.7. The van der Waals surface area contributed by atoms with Crippen LogP contribution in [0.25, 0.3) is 0 Å². The molecule has 0 aromatic rings. The molecule has 0 aromatic carbocycles. The molecule has 0 saturated carbocycles. The Balaban J connectivity index is 0. The fraction of sp³-hybridized carbons (Fsp3) is 0.273. The van der Waals surface area contributed by atoms with Crippen molar-refractivity contribution in [3.8, 4) is 0 Å². The van der Waals surface area contributed by atoms with Crippen molar-refractivity contribution in [2.75, 3.05) is 0 Å². The molecule has 0 aromatic heterocycles. The van der Waals surface area contributed by atoms with Crippen LogP contribution in [0.2, 0.25) is 0 Å². The van der Waals surface area contributed by atoms with Crippen molar-refractivity contribution >= 4 is 24.8 Å². The van der Waals surface area contributed by atoms with Gasteiger partial charge in [0.1, 0.15) is 0 Å². The monoisotopic (exact) mass is 306 g/mol. The largest absolute Gasteiger partial charge is 0.147 e. The van der Waals surface area contributed by atoms with Gasteiger partial charge in [-0.25, -0.2) is 0 Å². The van der Waals surface area contributed by atoms with Gasteiger partial charge in [0, 0.05) is 26.2 Å². The smallest absolute Gasteiger partial charge is 0 e. The first kappa shape index (κ1) is 16.8. The van der Waals surface area contributed by atoms with Gasteiger partial charge in [-0.3, -0.25) is 0 Å². The Bertz CT molecular complexity index is 247. The number of rotatable bonds is 2. The molecule has 0 saturated heterocycles. The van der Waals surface area contributed by atoms with Gasteiger partial charge >= 0.3 is 0 Å². The molecule has 0 unspecified atom stereocenters. The molecule has 0 fully saturated rings. The average Bonchev–Trinajstić information content (AvgIpc) is 2.60. The van der Waals surface area contributed by atoms with Crippen molar-refractivity contribution in [1.29, 1.82) is 0 Å². The number of hydrogen-bond donors (Lipinski definition) is 0. The Kier molecular flexibility index (Phi) is 10.5. The molecule has 14 heavy (non-hydrogen) atoms. The molecule has 76 valence electrons. The van der Waals surface area contributed by atoms with Crippen molar-refractivity contribution in [2.45, 2.75) is 19.3 Å². The van der Waals surface area contributed by atoms with Gasteiger partial charge in [0.05, 0.1) is 0 Å². The molecule has 0 radical (unpaired) electrons. The third kappa shape index (κ3) is 4.78. The van der Waals surface area contributed by atoms with Crippen molar-refractivity contribution in [3.05, 3.63) is 47.6 Å². The molecule has 0 spiro atoms. The van der Waals surface area contributed by atoms with E-state index in [1.54, 1.807) is 11.1 Å². The number of halogens is 2. The van der Waals surface area contributed by atoms with Gasteiger partial charge in [-0.1, -0.05) is 47.6 Å². The van der Waals surface area contributed by atoms with Crippen LogP contribution in [0.4, 0.5) is 0 Å². The molecular weight excluding hydrogens is 294 g/mol.